The number of carboxylic acids is 2. The average molecular weight is 1020 g/mol. The molecule has 7 heterocycles. The molecule has 74 heavy (non-hydrogen) atoms. The van der Waals surface area contributed by atoms with Crippen molar-refractivity contribution in [2.24, 2.45) is 5.73 Å². The van der Waals surface area contributed by atoms with Crippen molar-refractivity contribution >= 4 is 30.4 Å². The van der Waals surface area contributed by atoms with Gasteiger partial charge in [-0.15, -0.1) is 0 Å². The minimum absolute atomic E-state index is 0.0590. The molecule has 20 heteroatoms. The van der Waals surface area contributed by atoms with Crippen LogP contribution in [0.15, 0.2) is 49.6 Å². The lowest BCUT2D eigenvalue weighted by molar-refractivity contribution is -0.179. The number of aryl methyl sites for hydroxylation is 3. The number of nitrogens with two attached hydrogens (primary N) is 1. The summed E-state index contributed by atoms with van der Waals surface area (Å²) >= 11 is 0. The number of aldehydes is 2. The Balaban J connectivity index is 1.20. The zero-order valence-electron chi connectivity index (χ0n) is 43.0. The smallest absolute Gasteiger partial charge is 0.354 e. The van der Waals surface area contributed by atoms with Crippen LogP contribution in [0.4, 0.5) is 0 Å². The second kappa shape index (κ2) is 24.6. The summed E-state index contributed by atoms with van der Waals surface area (Å²) in [4.78, 5) is 93.5. The fourth-order valence-electron chi connectivity index (χ4n) is 9.57. The van der Waals surface area contributed by atoms with Gasteiger partial charge in [0.1, 0.15) is 57.2 Å². The molecule has 1 amide bonds. The summed E-state index contributed by atoms with van der Waals surface area (Å²) in [5.41, 5.74) is 11.3. The predicted molar refractivity (Wildman–Crippen MR) is 272 cm³/mol. The Morgan fingerprint density at radius 3 is 1.51 bits per heavy atom. The quantitative estimate of drug-likeness (QED) is 0.0221. The standard InChI is InChI=1S/C54H64N8O12/c1-31-46(52(65)56-13-11-9-8-10-12-55)34(4)71-49(31)37-20-40(57-43(23-37)29-63)26-60-14-15-61(27-41-21-38(24-44(30-64)58-41)50-32(2)47(54(68)69)35(5)72-50)17-19-62(18-16-60)28-42-22-39(25-45(59-42)53(66)67)51-33(3)48(74-70-7)36(6)73-51/h20-25,29-30H,8-19,26-28,55H2,1-7H3,(H,56,65)(H,66,67)(H,68,69). The molecule has 20 nitrogen and oxygen atoms in total. The van der Waals surface area contributed by atoms with E-state index in [0.717, 1.165) is 25.7 Å². The molecule has 1 aliphatic heterocycles. The first kappa shape index (κ1) is 54.4. The summed E-state index contributed by atoms with van der Waals surface area (Å²) < 4.78 is 18.3. The van der Waals surface area contributed by atoms with Gasteiger partial charge in [-0.05, 0) is 97.3 Å². The van der Waals surface area contributed by atoms with Gasteiger partial charge in [0.05, 0.1) is 29.8 Å². The van der Waals surface area contributed by atoms with E-state index in [1.807, 2.05) is 13.0 Å². The fourth-order valence-corrected chi connectivity index (χ4v) is 9.57. The van der Waals surface area contributed by atoms with Gasteiger partial charge in [-0.2, -0.15) is 4.89 Å². The van der Waals surface area contributed by atoms with E-state index in [9.17, 15) is 34.2 Å². The van der Waals surface area contributed by atoms with Crippen LogP contribution in [0, 0.1) is 41.5 Å². The summed E-state index contributed by atoms with van der Waals surface area (Å²) in [6, 6.07) is 10.1. The Morgan fingerprint density at radius 1 is 0.608 bits per heavy atom. The first-order chi connectivity index (χ1) is 35.5. The third-order valence-corrected chi connectivity index (χ3v) is 13.2. The molecule has 0 atom stereocenters. The fraction of sp³-hybridized carbons (Fsp3) is 0.407. The number of amides is 1. The van der Waals surface area contributed by atoms with Gasteiger partial charge in [0, 0.05) is 98.8 Å². The molecule has 6 aromatic rings. The third kappa shape index (κ3) is 12.9. The number of carboxylic acid groups (broad SMARTS) is 2. The highest BCUT2D eigenvalue weighted by Gasteiger charge is 2.27. The predicted octanol–water partition coefficient (Wildman–Crippen LogP) is 7.53. The van der Waals surface area contributed by atoms with E-state index in [1.165, 1.54) is 13.2 Å². The van der Waals surface area contributed by atoms with Crippen molar-refractivity contribution in [3.63, 3.8) is 0 Å². The van der Waals surface area contributed by atoms with E-state index in [0.29, 0.717) is 169 Å². The van der Waals surface area contributed by atoms with E-state index in [4.69, 9.17) is 33.7 Å². The molecule has 0 unspecified atom stereocenters. The van der Waals surface area contributed by atoms with Crippen LogP contribution in [-0.2, 0) is 24.5 Å². The van der Waals surface area contributed by atoms with Crippen LogP contribution in [0.5, 0.6) is 5.75 Å². The number of furan rings is 3. The van der Waals surface area contributed by atoms with Gasteiger partial charge in [0.25, 0.3) is 5.91 Å². The number of pyridine rings is 3. The zero-order valence-corrected chi connectivity index (χ0v) is 43.0. The Kier molecular flexibility index (Phi) is 18.1. The number of nitrogens with one attached hydrogen (secondary N) is 1. The van der Waals surface area contributed by atoms with Crippen molar-refractivity contribution in [1.82, 2.24) is 35.0 Å². The van der Waals surface area contributed by atoms with Gasteiger partial charge in [-0.1, -0.05) is 12.8 Å². The number of hydrogen-bond donors (Lipinski definition) is 4. The minimum Gasteiger partial charge on any atom is -0.478 e. The molecule has 0 saturated carbocycles. The van der Waals surface area contributed by atoms with Gasteiger partial charge in [-0.25, -0.2) is 24.5 Å². The lowest BCUT2D eigenvalue weighted by atomic mass is 10.0. The zero-order chi connectivity index (χ0) is 53.2. The summed E-state index contributed by atoms with van der Waals surface area (Å²) in [7, 11) is 1.38. The van der Waals surface area contributed by atoms with Crippen LogP contribution in [0.2, 0.25) is 0 Å². The molecule has 7 rings (SSSR count). The third-order valence-electron chi connectivity index (χ3n) is 13.2. The molecule has 0 aliphatic carbocycles. The van der Waals surface area contributed by atoms with E-state index in [1.54, 1.807) is 58.9 Å². The molecule has 1 fully saturated rings. The van der Waals surface area contributed by atoms with Crippen molar-refractivity contribution in [3.8, 4) is 39.7 Å². The monoisotopic (exact) mass is 1020 g/mol. The topological polar surface area (TPSA) is 270 Å². The first-order valence-corrected chi connectivity index (χ1v) is 24.6. The van der Waals surface area contributed by atoms with Crippen molar-refractivity contribution in [1.29, 1.82) is 0 Å². The summed E-state index contributed by atoms with van der Waals surface area (Å²) in [6.45, 7) is 15.5. The van der Waals surface area contributed by atoms with Crippen molar-refractivity contribution < 1.29 is 57.2 Å². The van der Waals surface area contributed by atoms with Gasteiger partial charge in [0.2, 0.25) is 5.75 Å². The minimum atomic E-state index is -1.21. The first-order valence-electron chi connectivity index (χ1n) is 24.6. The number of hydrogen-bond acceptors (Lipinski definition) is 17. The van der Waals surface area contributed by atoms with Crippen molar-refractivity contribution in [3.05, 3.63) is 116 Å². The molecule has 5 N–H and O–H groups in total. The number of rotatable bonds is 22. The van der Waals surface area contributed by atoms with Crippen LogP contribution in [0.25, 0.3) is 34.0 Å². The van der Waals surface area contributed by atoms with Crippen LogP contribution < -0.4 is 15.9 Å². The Labute approximate surface area is 428 Å². The molecule has 0 aromatic carbocycles. The number of unbranched alkanes of at least 4 members (excludes halogenated alkanes) is 3. The molecule has 0 bridgehead atoms. The largest absolute Gasteiger partial charge is 0.478 e. The maximum Gasteiger partial charge on any atom is 0.354 e. The Morgan fingerprint density at radius 2 is 1.05 bits per heavy atom. The molecule has 0 spiro atoms. The molecular formula is C54H64N8O12. The summed E-state index contributed by atoms with van der Waals surface area (Å²) in [6.07, 6.45) is 5.06. The molecular weight excluding hydrogens is 953 g/mol. The van der Waals surface area contributed by atoms with E-state index < -0.39 is 11.9 Å². The van der Waals surface area contributed by atoms with Crippen molar-refractivity contribution in [2.75, 3.05) is 59.5 Å². The number of nitrogens with zero attached hydrogens (tertiary/aromatic N) is 6. The van der Waals surface area contributed by atoms with E-state index in [2.05, 4.69) is 30.0 Å². The van der Waals surface area contributed by atoms with Gasteiger partial charge in [0.15, 0.2) is 12.6 Å². The number of aromatic nitrogens is 3. The van der Waals surface area contributed by atoms with E-state index >= 15 is 0 Å². The molecule has 1 aliphatic rings. The van der Waals surface area contributed by atoms with E-state index in [-0.39, 0.29) is 40.9 Å². The molecule has 0 radical (unpaired) electrons. The number of carbonyl (C=O) groups is 5. The van der Waals surface area contributed by atoms with Gasteiger partial charge >= 0.3 is 11.9 Å². The second-order valence-electron chi connectivity index (χ2n) is 18.6. The highest BCUT2D eigenvalue weighted by molar-refractivity contribution is 5.98. The van der Waals surface area contributed by atoms with Gasteiger partial charge in [-0.3, -0.25) is 29.1 Å². The molecule has 392 valence electrons. The van der Waals surface area contributed by atoms with Crippen LogP contribution >= 0.6 is 0 Å². The van der Waals surface area contributed by atoms with Crippen LogP contribution in [0.1, 0.15) is 129 Å². The maximum atomic E-state index is 13.4. The molecule has 1 saturated heterocycles. The summed E-state index contributed by atoms with van der Waals surface area (Å²) in [5.74, 6) is 0.204. The summed E-state index contributed by atoms with van der Waals surface area (Å²) in [5, 5.41) is 23.1. The highest BCUT2D eigenvalue weighted by atomic mass is 17.2. The lowest BCUT2D eigenvalue weighted by Crippen LogP contribution is -2.36. The SMILES string of the molecule is COOc1c(C)oc(-c2cc(CN3CCN(Cc4cc(-c5oc(C)c(C(=O)O)c5C)cc(C=O)n4)CCN(Cc4cc(-c5oc(C)c(C(=O)NCCCCCCN)c5C)cc(C=O)n4)CC3)nc(C(=O)O)c2)c1C. The normalized spacial score (nSPS) is 13.8. The molecule has 6 aromatic heterocycles. The number of aromatic carboxylic acids is 2. The maximum absolute atomic E-state index is 13.4. The lowest BCUT2D eigenvalue weighted by Gasteiger charge is -2.25. The van der Waals surface area contributed by atoms with Gasteiger partial charge < -0.3 is 39.4 Å². The average Bonchev–Trinajstić information content (AvgIpc) is 3.98. The van der Waals surface area contributed by atoms with Crippen LogP contribution in [0.3, 0.4) is 0 Å². The van der Waals surface area contributed by atoms with Crippen molar-refractivity contribution in [2.45, 2.75) is 86.9 Å². The number of carbonyl (C=O) groups excluding carboxylic acids is 3. The Hall–Kier alpha value is -7.36. The highest BCUT2D eigenvalue weighted by Crippen LogP contribution is 2.37. The second-order valence-corrected chi connectivity index (χ2v) is 18.6. The van der Waals surface area contributed by atoms with Crippen LogP contribution in [-0.4, -0.2) is 130 Å². The Bertz CT molecular complexity index is 3030.